The maximum atomic E-state index is 15.4. The van der Waals surface area contributed by atoms with Crippen LogP contribution >= 0.6 is 22.7 Å². The number of alkyl halides is 3. The summed E-state index contributed by atoms with van der Waals surface area (Å²) in [6.45, 7) is 1.64. The first-order valence-electron chi connectivity index (χ1n) is 27.5. The second kappa shape index (κ2) is 20.8. The summed E-state index contributed by atoms with van der Waals surface area (Å²) >= 11 is 2.78. The molecular weight excluding hydrogens is 1100 g/mol. The van der Waals surface area contributed by atoms with Crippen LogP contribution in [0, 0.1) is 40.4 Å². The van der Waals surface area contributed by atoms with E-state index in [9.17, 15) is 40.9 Å². The standard InChI is InChI=1S/C55H63F3N10O7S4/c56-36-8-13-39(42(28-36)49(69)63-53(30-59)14-15-53)45-47(34-4-9-37(10-5-34)65-19-24-78(71,72)25-20-65)76-51(61-45)67-18-23-75-43(29-67)40-2-1-3-41(44(40)50(70)64-54(31-60)16-17-54)46-48(77-52(62-46)68-32-55(57,58)33-68)35-6-11-38(12-7-35)66-21-26-79(73,74)27-22-66/h4-7,9-12,36,39-44H,1-3,8,13-29,32-33H2,(H,63,69)(H,64,70)/t36-,39+,40?,41+,42+,43?,44+/m0/s1. The van der Waals surface area contributed by atoms with E-state index < -0.39 is 85.7 Å². The molecule has 2 amide bonds. The summed E-state index contributed by atoms with van der Waals surface area (Å²) in [5.41, 5.74) is 2.72. The molecule has 6 heterocycles. The molecule has 0 spiro atoms. The maximum absolute atomic E-state index is 15.4. The second-order valence-corrected chi connectivity index (χ2v) is 29.6. The fourth-order valence-electron chi connectivity index (χ4n) is 12.7. The van der Waals surface area contributed by atoms with Crippen LogP contribution in [0.1, 0.15) is 87.4 Å². The second-order valence-electron chi connectivity index (χ2n) is 23.1. The van der Waals surface area contributed by atoms with Crippen LogP contribution in [0.5, 0.6) is 0 Å². The number of nitrogens with one attached hydrogen (secondary N) is 2. The lowest BCUT2D eigenvalue weighted by molar-refractivity contribution is -0.133. The Morgan fingerprint density at radius 1 is 0.658 bits per heavy atom. The monoisotopic (exact) mass is 1160 g/mol. The third-order valence-corrected chi connectivity index (χ3v) is 23.2. The summed E-state index contributed by atoms with van der Waals surface area (Å²) in [5, 5.41) is 27.4. The minimum absolute atomic E-state index is 0.00893. The van der Waals surface area contributed by atoms with Crippen molar-refractivity contribution < 1.29 is 44.3 Å². The third kappa shape index (κ3) is 11.2. The van der Waals surface area contributed by atoms with Gasteiger partial charge >= 0.3 is 0 Å². The molecule has 8 aliphatic rings. The number of ether oxygens (including phenoxy) is 1. The van der Waals surface area contributed by atoms with Crippen molar-refractivity contribution in [3.8, 4) is 33.0 Å². The number of sulfone groups is 2. The third-order valence-electron chi connectivity index (χ3n) is 17.6. The highest BCUT2D eigenvalue weighted by Gasteiger charge is 2.53. The van der Waals surface area contributed by atoms with Gasteiger partial charge in [-0.05, 0) is 99.1 Å². The van der Waals surface area contributed by atoms with E-state index in [1.807, 2.05) is 58.3 Å². The van der Waals surface area contributed by atoms with Gasteiger partial charge in [0.05, 0.1) is 88.0 Å². The van der Waals surface area contributed by atoms with Gasteiger partial charge in [0, 0.05) is 68.4 Å². The summed E-state index contributed by atoms with van der Waals surface area (Å²) < 4.78 is 100. The van der Waals surface area contributed by atoms with Gasteiger partial charge in [-0.25, -0.2) is 40.0 Å². The Bertz CT molecular complexity index is 3290. The zero-order valence-electron chi connectivity index (χ0n) is 43.6. The number of thiazole rings is 2. The number of nitriles is 2. The highest BCUT2D eigenvalue weighted by molar-refractivity contribution is 7.91. The fourth-order valence-corrected chi connectivity index (χ4v) is 17.4. The Balaban J connectivity index is 0.874. The topological polar surface area (TPSA) is 222 Å². The smallest absolute Gasteiger partial charge is 0.282 e. The number of halogens is 3. The number of rotatable bonds is 13. The SMILES string of the molecule is N#CC1(NC(=O)[C@@H]2C(C3CN(c4nc([C@@H]5CC[C@H](F)C[C@H]5C(=O)NC5(C#N)CC5)c(-c5ccc(N6CCS(=O)(=O)CC6)cc5)s4)CCO3)CCC[C@H]2c2nc(N3CC(F)(F)C3)sc2-c2ccc(N3CCS(=O)(=O)CC3)cc2)CC1. The minimum atomic E-state index is -3.10. The molecule has 4 saturated heterocycles. The number of benzene rings is 2. The summed E-state index contributed by atoms with van der Waals surface area (Å²) in [5.74, 6) is -6.08. The summed E-state index contributed by atoms with van der Waals surface area (Å²) in [6.07, 6.45) is 2.89. The fraction of sp³-hybridized carbons (Fsp3) is 0.600. The lowest BCUT2D eigenvalue weighted by Gasteiger charge is -2.44. The van der Waals surface area contributed by atoms with E-state index >= 15 is 9.18 Å². The van der Waals surface area contributed by atoms with Gasteiger partial charge in [0.1, 0.15) is 17.2 Å². The van der Waals surface area contributed by atoms with E-state index in [-0.39, 0.29) is 53.6 Å². The van der Waals surface area contributed by atoms with Crippen molar-refractivity contribution in [1.29, 1.82) is 10.5 Å². The normalized spacial score (nSPS) is 29.3. The van der Waals surface area contributed by atoms with Crippen LogP contribution in [0.25, 0.3) is 20.9 Å². The number of carbonyl (C=O) groups excluding carboxylic acids is 2. The van der Waals surface area contributed by atoms with Crippen molar-refractivity contribution in [3.05, 3.63) is 59.9 Å². The van der Waals surface area contributed by atoms with Crippen LogP contribution in [0.2, 0.25) is 0 Å². The van der Waals surface area contributed by atoms with Crippen LogP contribution < -0.4 is 30.2 Å². The van der Waals surface area contributed by atoms with Gasteiger partial charge < -0.3 is 35.0 Å². The van der Waals surface area contributed by atoms with E-state index in [1.54, 1.807) is 4.90 Å². The number of amides is 2. The van der Waals surface area contributed by atoms with Crippen LogP contribution in [0.4, 0.5) is 34.8 Å². The molecule has 4 aliphatic carbocycles. The highest BCUT2D eigenvalue weighted by atomic mass is 32.2. The lowest BCUT2D eigenvalue weighted by Crippen LogP contribution is -2.56. The average molecular weight is 1160 g/mol. The lowest BCUT2D eigenvalue weighted by atomic mass is 9.67. The quantitative estimate of drug-likeness (QED) is 0.140. The first-order valence-corrected chi connectivity index (χ1v) is 32.8. The number of hydrogen-bond donors (Lipinski definition) is 2. The van der Waals surface area contributed by atoms with Crippen molar-refractivity contribution >= 4 is 75.8 Å². The van der Waals surface area contributed by atoms with E-state index in [1.165, 1.54) is 22.7 Å². The van der Waals surface area contributed by atoms with Crippen molar-refractivity contribution in [1.82, 2.24) is 20.6 Å². The van der Waals surface area contributed by atoms with Gasteiger partial charge in [-0.1, -0.05) is 53.4 Å². The molecular formula is C55H63F3N10O7S4. The molecule has 8 fully saturated rings. The molecule has 2 N–H and O–H groups in total. The number of nitrogens with zero attached hydrogens (tertiary/aromatic N) is 8. The summed E-state index contributed by atoms with van der Waals surface area (Å²) in [6, 6.07) is 20.2. The first-order chi connectivity index (χ1) is 37.8. The van der Waals surface area contributed by atoms with Crippen molar-refractivity contribution in [2.75, 3.05) is 102 Å². The molecule has 0 radical (unpaired) electrons. The number of hydrogen-bond acceptors (Lipinski definition) is 17. The molecule has 7 atom stereocenters. The van der Waals surface area contributed by atoms with Gasteiger partial charge in [-0.2, -0.15) is 10.5 Å². The molecule has 0 bridgehead atoms. The Morgan fingerprint density at radius 3 is 1.67 bits per heavy atom. The molecule has 420 valence electrons. The van der Waals surface area contributed by atoms with Gasteiger partial charge in [-0.3, -0.25) is 9.59 Å². The van der Waals surface area contributed by atoms with Crippen molar-refractivity contribution in [2.24, 2.45) is 17.8 Å². The molecule has 4 saturated carbocycles. The van der Waals surface area contributed by atoms with E-state index in [2.05, 4.69) is 27.7 Å². The number of carbonyl (C=O) groups is 2. The molecule has 2 unspecified atom stereocenters. The number of anilines is 4. The maximum Gasteiger partial charge on any atom is 0.282 e. The van der Waals surface area contributed by atoms with Gasteiger partial charge in [0.15, 0.2) is 29.9 Å². The predicted octanol–water partition coefficient (Wildman–Crippen LogP) is 6.83. The van der Waals surface area contributed by atoms with Gasteiger partial charge in [-0.15, -0.1) is 0 Å². The Morgan fingerprint density at radius 2 is 1.16 bits per heavy atom. The number of aromatic nitrogens is 2. The molecule has 2 aromatic carbocycles. The van der Waals surface area contributed by atoms with Gasteiger partial charge in [0.25, 0.3) is 5.92 Å². The zero-order chi connectivity index (χ0) is 55.1. The minimum Gasteiger partial charge on any atom is -0.374 e. The molecule has 2 aromatic heterocycles. The van der Waals surface area contributed by atoms with Crippen molar-refractivity contribution in [2.45, 2.75) is 105 Å². The largest absolute Gasteiger partial charge is 0.374 e. The van der Waals surface area contributed by atoms with Crippen LogP contribution in [-0.4, -0.2) is 150 Å². The molecule has 4 aliphatic heterocycles. The molecule has 79 heavy (non-hydrogen) atoms. The van der Waals surface area contributed by atoms with Gasteiger partial charge in [0.2, 0.25) is 11.8 Å². The zero-order valence-corrected chi connectivity index (χ0v) is 46.9. The van der Waals surface area contributed by atoms with Crippen LogP contribution in [-0.2, 0) is 34.0 Å². The Kier molecular flexibility index (Phi) is 14.2. The predicted molar refractivity (Wildman–Crippen MR) is 296 cm³/mol. The Hall–Kier alpha value is -5.53. The highest BCUT2D eigenvalue weighted by Crippen LogP contribution is 2.52. The average Bonchev–Trinajstić information content (AvgIpc) is 4.48. The molecule has 4 aromatic rings. The summed E-state index contributed by atoms with van der Waals surface area (Å²) in [7, 11) is -6.20. The van der Waals surface area contributed by atoms with E-state index in [0.29, 0.717) is 119 Å². The van der Waals surface area contributed by atoms with Crippen LogP contribution in [0.3, 0.4) is 0 Å². The van der Waals surface area contributed by atoms with E-state index in [4.69, 9.17) is 14.7 Å². The first kappa shape index (κ1) is 54.1. The van der Waals surface area contributed by atoms with Crippen LogP contribution in [0.15, 0.2) is 48.5 Å². The molecule has 12 rings (SSSR count). The Labute approximate surface area is 466 Å². The number of morpholine rings is 1. The van der Waals surface area contributed by atoms with Crippen molar-refractivity contribution in [3.63, 3.8) is 0 Å². The molecule has 17 nitrogen and oxygen atoms in total. The molecule has 24 heteroatoms. The van der Waals surface area contributed by atoms with E-state index in [0.717, 1.165) is 32.3 Å². The summed E-state index contributed by atoms with van der Waals surface area (Å²) in [4.78, 5) is 49.2.